The fourth-order valence-corrected chi connectivity index (χ4v) is 0.420. The zero-order chi connectivity index (χ0) is 7.98. The number of amides is 1. The minimum Gasteiger partial charge on any atom is -0.277 e. The van der Waals surface area contributed by atoms with Crippen molar-refractivity contribution in [2.75, 3.05) is 0 Å². The van der Waals surface area contributed by atoms with E-state index in [-0.39, 0.29) is 0 Å². The fourth-order valence-electron chi connectivity index (χ4n) is 0.420. The summed E-state index contributed by atoms with van der Waals surface area (Å²) in [5.74, 6) is 0. The number of hydrazone groups is 1. The summed E-state index contributed by atoms with van der Waals surface area (Å²) in [6, 6.07) is 0. The maximum atomic E-state index is 9.78. The highest BCUT2D eigenvalue weighted by Gasteiger charge is 1.89. The van der Waals surface area contributed by atoms with Crippen molar-refractivity contribution in [2.24, 2.45) is 5.10 Å². The quantitative estimate of drug-likeness (QED) is 0.355. The second kappa shape index (κ2) is 4.73. The van der Waals surface area contributed by atoms with Gasteiger partial charge in [-0.3, -0.25) is 4.79 Å². The van der Waals surface area contributed by atoms with Gasteiger partial charge < -0.3 is 0 Å². The van der Waals surface area contributed by atoms with E-state index in [0.717, 1.165) is 11.3 Å². The first-order valence-corrected chi connectivity index (χ1v) is 3.09. The molecule has 0 aliphatic heterocycles. The predicted octanol–water partition coefficient (Wildman–Crippen LogP) is 1.07. The third-order valence-electron chi connectivity index (χ3n) is 1.29. The van der Waals surface area contributed by atoms with Crippen LogP contribution in [0, 0.1) is 0 Å². The molecule has 10 heavy (non-hydrogen) atoms. The minimum absolute atomic E-state index is 0.548. The standard InChI is InChI=1S/C7H12N2O/c1-4-6(2)7(3)9-8-5-10/h4-5H,1-3H3,(H,8,10)/b6-4-,9-7-. The van der Waals surface area contributed by atoms with Gasteiger partial charge in [0, 0.05) is 0 Å². The Balaban J connectivity index is 4.05. The van der Waals surface area contributed by atoms with E-state index in [1.54, 1.807) is 0 Å². The van der Waals surface area contributed by atoms with Gasteiger partial charge in [-0.25, -0.2) is 5.43 Å². The van der Waals surface area contributed by atoms with Crippen LogP contribution in [0.2, 0.25) is 0 Å². The van der Waals surface area contributed by atoms with E-state index >= 15 is 0 Å². The molecule has 0 saturated carbocycles. The van der Waals surface area contributed by atoms with E-state index < -0.39 is 0 Å². The van der Waals surface area contributed by atoms with E-state index in [1.165, 1.54) is 0 Å². The van der Waals surface area contributed by atoms with E-state index in [2.05, 4.69) is 10.5 Å². The molecule has 0 heterocycles. The molecule has 1 N–H and O–H groups in total. The SMILES string of the molecule is C/C=C(C)\C(C)=N/NC=O. The normalized spacial score (nSPS) is 13.1. The van der Waals surface area contributed by atoms with Crippen molar-refractivity contribution in [3.05, 3.63) is 11.6 Å². The summed E-state index contributed by atoms with van der Waals surface area (Å²) in [4.78, 5) is 9.78. The van der Waals surface area contributed by atoms with Crippen molar-refractivity contribution in [3.63, 3.8) is 0 Å². The number of carbonyl (C=O) groups is 1. The average molecular weight is 140 g/mol. The lowest BCUT2D eigenvalue weighted by Crippen LogP contribution is -2.05. The Morgan fingerprint density at radius 2 is 2.10 bits per heavy atom. The molecular weight excluding hydrogens is 128 g/mol. The molecule has 0 unspecified atom stereocenters. The lowest BCUT2D eigenvalue weighted by atomic mass is 10.2. The van der Waals surface area contributed by atoms with Crippen molar-refractivity contribution in [1.29, 1.82) is 0 Å². The topological polar surface area (TPSA) is 41.5 Å². The summed E-state index contributed by atoms with van der Waals surface area (Å²) in [5, 5.41) is 3.74. The molecular formula is C7H12N2O. The van der Waals surface area contributed by atoms with E-state index in [0.29, 0.717) is 6.41 Å². The molecule has 0 aliphatic carbocycles. The van der Waals surface area contributed by atoms with Crippen molar-refractivity contribution in [2.45, 2.75) is 20.8 Å². The summed E-state index contributed by atoms with van der Waals surface area (Å²) in [6.07, 6.45) is 2.48. The molecule has 3 heteroatoms. The summed E-state index contributed by atoms with van der Waals surface area (Å²) in [5.41, 5.74) is 4.12. The highest BCUT2D eigenvalue weighted by molar-refractivity contribution is 5.97. The van der Waals surface area contributed by atoms with Crippen molar-refractivity contribution in [3.8, 4) is 0 Å². The van der Waals surface area contributed by atoms with Gasteiger partial charge in [-0.15, -0.1) is 0 Å². The number of hydrogen-bond donors (Lipinski definition) is 1. The van der Waals surface area contributed by atoms with Gasteiger partial charge in [0.15, 0.2) is 0 Å². The Bertz CT molecular complexity index is 170. The Hall–Kier alpha value is -1.12. The van der Waals surface area contributed by atoms with Gasteiger partial charge in [-0.2, -0.15) is 5.10 Å². The first-order chi connectivity index (χ1) is 4.72. The van der Waals surface area contributed by atoms with Gasteiger partial charge in [-0.1, -0.05) is 6.08 Å². The third kappa shape index (κ3) is 3.02. The molecule has 0 atom stereocenters. The molecule has 0 spiro atoms. The Morgan fingerprint density at radius 1 is 1.50 bits per heavy atom. The van der Waals surface area contributed by atoms with Crippen LogP contribution in [0.25, 0.3) is 0 Å². The van der Waals surface area contributed by atoms with Gasteiger partial charge in [0.2, 0.25) is 6.41 Å². The highest BCUT2D eigenvalue weighted by Crippen LogP contribution is 1.93. The fraction of sp³-hybridized carbons (Fsp3) is 0.429. The Labute approximate surface area is 60.8 Å². The van der Waals surface area contributed by atoms with Crippen LogP contribution in [0.3, 0.4) is 0 Å². The molecule has 0 radical (unpaired) electrons. The van der Waals surface area contributed by atoms with Crippen LogP contribution in [0.5, 0.6) is 0 Å². The Morgan fingerprint density at radius 3 is 2.50 bits per heavy atom. The molecule has 3 nitrogen and oxygen atoms in total. The minimum atomic E-state index is 0.548. The van der Waals surface area contributed by atoms with Gasteiger partial charge in [0.1, 0.15) is 0 Å². The first kappa shape index (κ1) is 8.88. The Kier molecular flexibility index (Phi) is 4.20. The van der Waals surface area contributed by atoms with Gasteiger partial charge in [0.05, 0.1) is 5.71 Å². The summed E-state index contributed by atoms with van der Waals surface area (Å²) < 4.78 is 0. The number of nitrogens with one attached hydrogen (secondary N) is 1. The van der Waals surface area contributed by atoms with Gasteiger partial charge >= 0.3 is 0 Å². The largest absolute Gasteiger partial charge is 0.277 e. The second-order valence-corrected chi connectivity index (χ2v) is 1.92. The van der Waals surface area contributed by atoms with E-state index in [1.807, 2.05) is 26.8 Å². The molecule has 0 saturated heterocycles. The summed E-state index contributed by atoms with van der Waals surface area (Å²) in [7, 11) is 0. The molecule has 0 aliphatic rings. The maximum absolute atomic E-state index is 9.78. The van der Waals surface area contributed by atoms with Crippen LogP contribution in [-0.2, 0) is 4.79 Å². The second-order valence-electron chi connectivity index (χ2n) is 1.92. The van der Waals surface area contributed by atoms with E-state index in [9.17, 15) is 4.79 Å². The van der Waals surface area contributed by atoms with E-state index in [4.69, 9.17) is 0 Å². The lowest BCUT2D eigenvalue weighted by Gasteiger charge is -1.96. The molecule has 0 aromatic rings. The molecule has 56 valence electrons. The number of nitrogens with zero attached hydrogens (tertiary/aromatic N) is 1. The number of carbonyl (C=O) groups excluding carboxylic acids is 1. The van der Waals surface area contributed by atoms with Gasteiger partial charge in [-0.05, 0) is 26.3 Å². The van der Waals surface area contributed by atoms with Crippen LogP contribution in [-0.4, -0.2) is 12.1 Å². The van der Waals surface area contributed by atoms with Crippen LogP contribution >= 0.6 is 0 Å². The highest BCUT2D eigenvalue weighted by atomic mass is 16.1. The summed E-state index contributed by atoms with van der Waals surface area (Å²) in [6.45, 7) is 5.70. The van der Waals surface area contributed by atoms with Crippen LogP contribution in [0.1, 0.15) is 20.8 Å². The summed E-state index contributed by atoms with van der Waals surface area (Å²) >= 11 is 0. The molecule has 0 rings (SSSR count). The number of rotatable bonds is 3. The molecule has 0 fully saturated rings. The lowest BCUT2D eigenvalue weighted by molar-refractivity contribution is -0.109. The van der Waals surface area contributed by atoms with Crippen molar-refractivity contribution in [1.82, 2.24) is 5.43 Å². The molecule has 0 aromatic heterocycles. The zero-order valence-electron chi connectivity index (χ0n) is 6.51. The van der Waals surface area contributed by atoms with Crippen LogP contribution in [0.15, 0.2) is 16.8 Å². The van der Waals surface area contributed by atoms with Crippen LogP contribution in [0.4, 0.5) is 0 Å². The zero-order valence-corrected chi connectivity index (χ0v) is 6.51. The maximum Gasteiger partial charge on any atom is 0.227 e. The predicted molar refractivity (Wildman–Crippen MR) is 41.7 cm³/mol. The number of allylic oxidation sites excluding steroid dienone is 2. The van der Waals surface area contributed by atoms with Crippen molar-refractivity contribution >= 4 is 12.1 Å². The number of hydrogen-bond acceptors (Lipinski definition) is 2. The molecule has 0 aromatic carbocycles. The molecule has 0 bridgehead atoms. The third-order valence-corrected chi connectivity index (χ3v) is 1.29. The average Bonchev–Trinajstić information content (AvgIpc) is 1.98. The van der Waals surface area contributed by atoms with Gasteiger partial charge in [0.25, 0.3) is 0 Å². The van der Waals surface area contributed by atoms with Crippen LogP contribution < -0.4 is 5.43 Å². The first-order valence-electron chi connectivity index (χ1n) is 3.09. The monoisotopic (exact) mass is 140 g/mol. The molecule has 1 amide bonds. The smallest absolute Gasteiger partial charge is 0.227 e. The van der Waals surface area contributed by atoms with Crippen molar-refractivity contribution < 1.29 is 4.79 Å².